The maximum atomic E-state index is 6.38. The summed E-state index contributed by atoms with van der Waals surface area (Å²) in [5.74, 6) is 0.704. The van der Waals surface area contributed by atoms with Crippen LogP contribution in [0.1, 0.15) is 35.4 Å². The molecular formula is C15H19ClN4. The van der Waals surface area contributed by atoms with E-state index in [-0.39, 0.29) is 0 Å². The lowest BCUT2D eigenvalue weighted by Gasteiger charge is -2.08. The quantitative estimate of drug-likeness (QED) is 0.941. The van der Waals surface area contributed by atoms with Gasteiger partial charge in [0.1, 0.15) is 0 Å². The van der Waals surface area contributed by atoms with E-state index in [2.05, 4.69) is 22.3 Å². The highest BCUT2D eigenvalue weighted by atomic mass is 35.5. The zero-order valence-corrected chi connectivity index (χ0v) is 12.8. The highest BCUT2D eigenvalue weighted by Crippen LogP contribution is 2.24. The second-order valence-corrected chi connectivity index (χ2v) is 5.92. The predicted octanol–water partition coefficient (Wildman–Crippen LogP) is 3.10. The van der Waals surface area contributed by atoms with Crippen LogP contribution in [0.4, 0.5) is 0 Å². The first kappa shape index (κ1) is 13.6. The SMILES string of the molecule is Cc1nn(-c2ncc(CNC3CC3)cc2Cl)c(C)c1C. The van der Waals surface area contributed by atoms with Crippen molar-refractivity contribution < 1.29 is 0 Å². The molecule has 106 valence electrons. The highest BCUT2D eigenvalue weighted by Gasteiger charge is 2.20. The number of rotatable bonds is 4. The third-order valence-corrected chi connectivity index (χ3v) is 4.18. The van der Waals surface area contributed by atoms with Gasteiger partial charge in [-0.05, 0) is 50.8 Å². The minimum Gasteiger partial charge on any atom is -0.310 e. The average molecular weight is 291 g/mol. The number of nitrogens with one attached hydrogen (secondary N) is 1. The van der Waals surface area contributed by atoms with Crippen molar-refractivity contribution in [3.05, 3.63) is 39.8 Å². The van der Waals surface area contributed by atoms with Gasteiger partial charge in [0.05, 0.1) is 10.7 Å². The van der Waals surface area contributed by atoms with E-state index in [4.69, 9.17) is 11.6 Å². The van der Waals surface area contributed by atoms with Gasteiger partial charge in [-0.15, -0.1) is 0 Å². The summed E-state index contributed by atoms with van der Waals surface area (Å²) in [5.41, 5.74) is 4.40. The molecule has 1 fully saturated rings. The molecule has 0 bridgehead atoms. The minimum atomic E-state index is 0.644. The van der Waals surface area contributed by atoms with Gasteiger partial charge in [0.15, 0.2) is 5.82 Å². The molecule has 0 atom stereocenters. The molecule has 0 aromatic carbocycles. The molecule has 0 amide bonds. The van der Waals surface area contributed by atoms with E-state index >= 15 is 0 Å². The van der Waals surface area contributed by atoms with Crippen LogP contribution < -0.4 is 5.32 Å². The number of aryl methyl sites for hydroxylation is 1. The fraction of sp³-hybridized carbons (Fsp3) is 0.467. The van der Waals surface area contributed by atoms with Crippen molar-refractivity contribution in [3.63, 3.8) is 0 Å². The van der Waals surface area contributed by atoms with Gasteiger partial charge in [0.2, 0.25) is 0 Å². The Bertz CT molecular complexity index is 644. The van der Waals surface area contributed by atoms with Gasteiger partial charge >= 0.3 is 0 Å². The molecule has 0 unspecified atom stereocenters. The standard InChI is InChI=1S/C15H19ClN4/c1-9-10(2)19-20(11(9)3)15-14(16)6-12(8-18-15)7-17-13-4-5-13/h6,8,13,17H,4-5,7H2,1-3H3. The van der Waals surface area contributed by atoms with E-state index < -0.39 is 0 Å². The second kappa shape index (κ2) is 5.19. The van der Waals surface area contributed by atoms with E-state index in [1.807, 2.05) is 30.8 Å². The Morgan fingerprint density at radius 3 is 2.65 bits per heavy atom. The van der Waals surface area contributed by atoms with Gasteiger partial charge in [-0.2, -0.15) is 5.10 Å². The van der Waals surface area contributed by atoms with Crippen LogP contribution in [0.5, 0.6) is 0 Å². The largest absolute Gasteiger partial charge is 0.310 e. The summed E-state index contributed by atoms with van der Waals surface area (Å²) in [6.45, 7) is 6.93. The van der Waals surface area contributed by atoms with Gasteiger partial charge < -0.3 is 5.32 Å². The Morgan fingerprint density at radius 1 is 1.35 bits per heavy atom. The monoisotopic (exact) mass is 290 g/mol. The molecule has 0 spiro atoms. The molecule has 2 aromatic heterocycles. The average Bonchev–Trinajstić information content (AvgIpc) is 3.21. The summed E-state index contributed by atoms with van der Waals surface area (Å²) in [6, 6.07) is 2.66. The van der Waals surface area contributed by atoms with Crippen LogP contribution in [-0.4, -0.2) is 20.8 Å². The molecule has 4 nitrogen and oxygen atoms in total. The van der Waals surface area contributed by atoms with Crippen molar-refractivity contribution in [2.45, 2.75) is 46.2 Å². The molecule has 5 heteroatoms. The molecule has 1 N–H and O–H groups in total. The molecule has 0 saturated heterocycles. The van der Waals surface area contributed by atoms with E-state index in [0.29, 0.717) is 16.9 Å². The first-order chi connectivity index (χ1) is 9.56. The van der Waals surface area contributed by atoms with Gasteiger partial charge in [0, 0.05) is 24.5 Å². The van der Waals surface area contributed by atoms with Crippen molar-refractivity contribution in [2.24, 2.45) is 0 Å². The van der Waals surface area contributed by atoms with Crippen molar-refractivity contribution in [2.75, 3.05) is 0 Å². The van der Waals surface area contributed by atoms with Crippen LogP contribution in [0.3, 0.4) is 0 Å². The van der Waals surface area contributed by atoms with E-state index in [9.17, 15) is 0 Å². The third kappa shape index (κ3) is 2.58. The first-order valence-electron chi connectivity index (χ1n) is 6.97. The van der Waals surface area contributed by atoms with Crippen LogP contribution in [-0.2, 0) is 6.54 Å². The summed E-state index contributed by atoms with van der Waals surface area (Å²) in [7, 11) is 0. The van der Waals surface area contributed by atoms with Crippen LogP contribution in [0, 0.1) is 20.8 Å². The molecule has 0 radical (unpaired) electrons. The van der Waals surface area contributed by atoms with Gasteiger partial charge in [0.25, 0.3) is 0 Å². The molecule has 1 aliphatic rings. The summed E-state index contributed by atoms with van der Waals surface area (Å²) in [4.78, 5) is 4.49. The maximum absolute atomic E-state index is 6.38. The van der Waals surface area contributed by atoms with E-state index in [1.165, 1.54) is 18.4 Å². The normalized spacial score (nSPS) is 14.8. The number of aromatic nitrogens is 3. The number of nitrogens with zero attached hydrogens (tertiary/aromatic N) is 3. The van der Waals surface area contributed by atoms with Crippen molar-refractivity contribution in [1.82, 2.24) is 20.1 Å². The van der Waals surface area contributed by atoms with Crippen molar-refractivity contribution in [1.29, 1.82) is 0 Å². The Hall–Kier alpha value is -1.39. The number of halogens is 1. The molecule has 0 aliphatic heterocycles. The lowest BCUT2D eigenvalue weighted by Crippen LogP contribution is -2.15. The summed E-state index contributed by atoms with van der Waals surface area (Å²) in [5, 5.41) is 8.62. The van der Waals surface area contributed by atoms with Crippen molar-refractivity contribution in [3.8, 4) is 5.82 Å². The highest BCUT2D eigenvalue weighted by molar-refractivity contribution is 6.32. The molecule has 1 saturated carbocycles. The molecule has 1 aliphatic carbocycles. The number of hydrogen-bond donors (Lipinski definition) is 1. The fourth-order valence-electron chi connectivity index (χ4n) is 2.20. The summed E-state index contributed by atoms with van der Waals surface area (Å²) >= 11 is 6.38. The zero-order chi connectivity index (χ0) is 14.3. The van der Waals surface area contributed by atoms with Crippen LogP contribution in [0.15, 0.2) is 12.3 Å². The molecule has 2 aromatic rings. The fourth-order valence-corrected chi connectivity index (χ4v) is 2.47. The Labute approximate surface area is 124 Å². The zero-order valence-electron chi connectivity index (χ0n) is 12.1. The molecule has 2 heterocycles. The maximum Gasteiger partial charge on any atom is 0.172 e. The third-order valence-electron chi connectivity index (χ3n) is 3.90. The summed E-state index contributed by atoms with van der Waals surface area (Å²) in [6.07, 6.45) is 4.44. The van der Waals surface area contributed by atoms with Gasteiger partial charge in [-0.25, -0.2) is 9.67 Å². The predicted molar refractivity (Wildman–Crippen MR) is 80.4 cm³/mol. The molecular weight excluding hydrogens is 272 g/mol. The first-order valence-corrected chi connectivity index (χ1v) is 7.35. The second-order valence-electron chi connectivity index (χ2n) is 5.51. The Balaban J connectivity index is 1.87. The number of hydrogen-bond acceptors (Lipinski definition) is 3. The van der Waals surface area contributed by atoms with Crippen LogP contribution in [0.2, 0.25) is 5.02 Å². The Kier molecular flexibility index (Phi) is 3.52. The lowest BCUT2D eigenvalue weighted by atomic mass is 10.2. The Morgan fingerprint density at radius 2 is 2.10 bits per heavy atom. The summed E-state index contributed by atoms with van der Waals surface area (Å²) < 4.78 is 1.82. The van der Waals surface area contributed by atoms with E-state index in [0.717, 1.165) is 23.5 Å². The van der Waals surface area contributed by atoms with Gasteiger partial charge in [-0.3, -0.25) is 0 Å². The molecule has 3 rings (SSSR count). The lowest BCUT2D eigenvalue weighted by molar-refractivity contribution is 0.684. The van der Waals surface area contributed by atoms with Gasteiger partial charge in [-0.1, -0.05) is 11.6 Å². The topological polar surface area (TPSA) is 42.7 Å². The molecule has 20 heavy (non-hydrogen) atoms. The minimum absolute atomic E-state index is 0.644. The van der Waals surface area contributed by atoms with Crippen LogP contribution in [0.25, 0.3) is 5.82 Å². The van der Waals surface area contributed by atoms with E-state index in [1.54, 1.807) is 0 Å². The number of pyridine rings is 1. The smallest absolute Gasteiger partial charge is 0.172 e. The van der Waals surface area contributed by atoms with Crippen molar-refractivity contribution >= 4 is 11.6 Å². The van der Waals surface area contributed by atoms with Crippen LogP contribution >= 0.6 is 11.6 Å².